The van der Waals surface area contributed by atoms with Gasteiger partial charge in [0.05, 0.1) is 12.0 Å². The molecule has 2 aliphatic heterocycles. The Bertz CT molecular complexity index is 373. The van der Waals surface area contributed by atoms with Crippen molar-refractivity contribution in [2.45, 2.75) is 44.3 Å². The van der Waals surface area contributed by atoms with E-state index in [0.717, 1.165) is 12.6 Å². The number of rotatable bonds is 3. The number of hydrogen-bond donors (Lipinski definition) is 1. The lowest BCUT2D eigenvalue weighted by atomic mass is 9.97. The van der Waals surface area contributed by atoms with Gasteiger partial charge < -0.3 is 14.8 Å². The molecule has 4 nitrogen and oxygen atoms in total. The smallest absolute Gasteiger partial charge is 0.0945 e. The standard InChI is InChI=1S/C13H22N4/c1-16-10-14-8-13(16)9-15-11-4-6-17-5-2-3-12(17)7-11/h8,10-12,15H,2-7,9H2,1H3. The molecule has 0 aliphatic carbocycles. The highest BCUT2D eigenvalue weighted by Gasteiger charge is 2.31. The lowest BCUT2D eigenvalue weighted by Gasteiger charge is -2.35. The van der Waals surface area contributed by atoms with Crippen LogP contribution in [0.5, 0.6) is 0 Å². The van der Waals surface area contributed by atoms with Crippen LogP contribution in [-0.2, 0) is 13.6 Å². The molecule has 0 amide bonds. The van der Waals surface area contributed by atoms with Gasteiger partial charge in [0.1, 0.15) is 0 Å². The van der Waals surface area contributed by atoms with Gasteiger partial charge in [0.25, 0.3) is 0 Å². The number of fused-ring (bicyclic) bond motifs is 1. The lowest BCUT2D eigenvalue weighted by molar-refractivity contribution is 0.166. The van der Waals surface area contributed by atoms with E-state index in [-0.39, 0.29) is 0 Å². The van der Waals surface area contributed by atoms with Crippen LogP contribution in [0.4, 0.5) is 0 Å². The fourth-order valence-electron chi connectivity index (χ4n) is 3.21. The van der Waals surface area contributed by atoms with Gasteiger partial charge in [0.15, 0.2) is 0 Å². The van der Waals surface area contributed by atoms with Crippen LogP contribution >= 0.6 is 0 Å². The van der Waals surface area contributed by atoms with Crippen molar-refractivity contribution >= 4 is 0 Å². The van der Waals surface area contributed by atoms with Crippen molar-refractivity contribution in [3.8, 4) is 0 Å². The van der Waals surface area contributed by atoms with Gasteiger partial charge >= 0.3 is 0 Å². The number of piperidine rings is 1. The molecule has 1 aromatic heterocycles. The van der Waals surface area contributed by atoms with Crippen molar-refractivity contribution in [2.75, 3.05) is 13.1 Å². The molecule has 1 aromatic rings. The van der Waals surface area contributed by atoms with Gasteiger partial charge in [-0.25, -0.2) is 4.98 Å². The number of aryl methyl sites for hydroxylation is 1. The SMILES string of the molecule is Cn1cncc1CNC1CCN2CCCC2C1. The van der Waals surface area contributed by atoms with Gasteiger partial charge in [-0.15, -0.1) is 0 Å². The van der Waals surface area contributed by atoms with Gasteiger partial charge in [-0.1, -0.05) is 0 Å². The normalized spacial score (nSPS) is 29.5. The summed E-state index contributed by atoms with van der Waals surface area (Å²) in [5.41, 5.74) is 1.28. The van der Waals surface area contributed by atoms with Crippen LogP contribution in [0.1, 0.15) is 31.4 Å². The van der Waals surface area contributed by atoms with Crippen molar-refractivity contribution in [1.29, 1.82) is 0 Å². The van der Waals surface area contributed by atoms with Crippen LogP contribution in [0.15, 0.2) is 12.5 Å². The second-order valence-electron chi connectivity index (χ2n) is 5.43. The van der Waals surface area contributed by atoms with Gasteiger partial charge in [-0.05, 0) is 38.8 Å². The fraction of sp³-hybridized carbons (Fsp3) is 0.769. The van der Waals surface area contributed by atoms with E-state index >= 15 is 0 Å². The third-order valence-electron chi connectivity index (χ3n) is 4.31. The molecule has 0 aromatic carbocycles. The molecule has 94 valence electrons. The summed E-state index contributed by atoms with van der Waals surface area (Å²) in [6, 6.07) is 1.55. The summed E-state index contributed by atoms with van der Waals surface area (Å²) in [5.74, 6) is 0. The van der Waals surface area contributed by atoms with E-state index in [4.69, 9.17) is 0 Å². The number of imidazole rings is 1. The van der Waals surface area contributed by atoms with Gasteiger partial charge in [-0.2, -0.15) is 0 Å². The molecule has 1 N–H and O–H groups in total. The van der Waals surface area contributed by atoms with Crippen molar-refractivity contribution in [2.24, 2.45) is 7.05 Å². The van der Waals surface area contributed by atoms with Gasteiger partial charge in [0, 0.05) is 31.9 Å². The molecular weight excluding hydrogens is 212 g/mol. The van der Waals surface area contributed by atoms with Crippen LogP contribution < -0.4 is 5.32 Å². The first-order chi connectivity index (χ1) is 8.33. The van der Waals surface area contributed by atoms with Crippen LogP contribution in [0, 0.1) is 0 Å². The summed E-state index contributed by atoms with van der Waals surface area (Å²) in [5, 5.41) is 3.69. The molecule has 2 atom stereocenters. The van der Waals surface area contributed by atoms with Crippen LogP contribution in [0.25, 0.3) is 0 Å². The summed E-state index contributed by atoms with van der Waals surface area (Å²) < 4.78 is 2.09. The summed E-state index contributed by atoms with van der Waals surface area (Å²) in [6.45, 7) is 3.57. The Hall–Kier alpha value is -0.870. The van der Waals surface area contributed by atoms with E-state index < -0.39 is 0 Å². The van der Waals surface area contributed by atoms with E-state index in [0.29, 0.717) is 6.04 Å². The molecule has 0 spiro atoms. The molecule has 3 rings (SSSR count). The highest BCUT2D eigenvalue weighted by molar-refractivity contribution is 4.98. The predicted octanol–water partition coefficient (Wildman–Crippen LogP) is 1.14. The molecule has 4 heteroatoms. The zero-order valence-electron chi connectivity index (χ0n) is 10.6. The molecule has 17 heavy (non-hydrogen) atoms. The third-order valence-corrected chi connectivity index (χ3v) is 4.31. The first-order valence-electron chi connectivity index (χ1n) is 6.75. The highest BCUT2D eigenvalue weighted by atomic mass is 15.2. The molecule has 0 saturated carbocycles. The van der Waals surface area contributed by atoms with Gasteiger partial charge in [0.2, 0.25) is 0 Å². The molecule has 2 unspecified atom stereocenters. The molecule has 2 saturated heterocycles. The molecule has 0 radical (unpaired) electrons. The predicted molar refractivity (Wildman–Crippen MR) is 67.7 cm³/mol. The maximum Gasteiger partial charge on any atom is 0.0945 e. The molecule has 0 bridgehead atoms. The van der Waals surface area contributed by atoms with E-state index in [1.54, 1.807) is 0 Å². The van der Waals surface area contributed by atoms with Crippen molar-refractivity contribution < 1.29 is 0 Å². The Morgan fingerprint density at radius 2 is 2.35 bits per heavy atom. The van der Waals surface area contributed by atoms with E-state index in [2.05, 4.69) is 26.8 Å². The second-order valence-corrected chi connectivity index (χ2v) is 5.43. The van der Waals surface area contributed by atoms with E-state index in [9.17, 15) is 0 Å². The first-order valence-corrected chi connectivity index (χ1v) is 6.75. The summed E-state index contributed by atoms with van der Waals surface area (Å²) in [4.78, 5) is 6.82. The largest absolute Gasteiger partial charge is 0.337 e. The van der Waals surface area contributed by atoms with Crippen molar-refractivity contribution in [1.82, 2.24) is 19.8 Å². The van der Waals surface area contributed by atoms with Crippen LogP contribution in [0.3, 0.4) is 0 Å². The first kappa shape index (κ1) is 11.2. The third kappa shape index (κ3) is 2.38. The van der Waals surface area contributed by atoms with Gasteiger partial charge in [-0.3, -0.25) is 0 Å². The Morgan fingerprint density at radius 3 is 3.18 bits per heavy atom. The Morgan fingerprint density at radius 1 is 1.41 bits per heavy atom. The Kier molecular flexibility index (Phi) is 3.16. The quantitative estimate of drug-likeness (QED) is 0.851. The van der Waals surface area contributed by atoms with Crippen molar-refractivity contribution in [3.05, 3.63) is 18.2 Å². The Labute approximate surface area is 103 Å². The van der Waals surface area contributed by atoms with E-state index in [1.807, 2.05) is 12.5 Å². The number of hydrogen-bond acceptors (Lipinski definition) is 3. The zero-order valence-corrected chi connectivity index (χ0v) is 10.6. The van der Waals surface area contributed by atoms with Crippen LogP contribution in [-0.4, -0.2) is 39.6 Å². The summed E-state index contributed by atoms with van der Waals surface area (Å²) in [6.07, 6.45) is 9.27. The maximum absolute atomic E-state index is 4.15. The van der Waals surface area contributed by atoms with Crippen LogP contribution in [0.2, 0.25) is 0 Å². The highest BCUT2D eigenvalue weighted by Crippen LogP contribution is 2.26. The summed E-state index contributed by atoms with van der Waals surface area (Å²) in [7, 11) is 2.06. The maximum atomic E-state index is 4.15. The molecule has 3 heterocycles. The molecule has 2 aliphatic rings. The number of aromatic nitrogens is 2. The Balaban J connectivity index is 1.51. The molecular formula is C13H22N4. The second kappa shape index (κ2) is 4.78. The number of nitrogens with one attached hydrogen (secondary N) is 1. The zero-order chi connectivity index (χ0) is 11.7. The van der Waals surface area contributed by atoms with E-state index in [1.165, 1.54) is 44.5 Å². The average molecular weight is 234 g/mol. The van der Waals surface area contributed by atoms with Crippen molar-refractivity contribution in [3.63, 3.8) is 0 Å². The monoisotopic (exact) mass is 234 g/mol. The minimum absolute atomic E-state index is 0.698. The average Bonchev–Trinajstić information content (AvgIpc) is 2.94. The number of nitrogens with zero attached hydrogens (tertiary/aromatic N) is 3. The fourth-order valence-corrected chi connectivity index (χ4v) is 3.21. The summed E-state index contributed by atoms with van der Waals surface area (Å²) >= 11 is 0. The topological polar surface area (TPSA) is 33.1 Å². The minimum atomic E-state index is 0.698. The minimum Gasteiger partial charge on any atom is -0.337 e. The lowest BCUT2D eigenvalue weighted by Crippen LogP contribution is -2.45. The molecule has 2 fully saturated rings.